The zero-order valence-corrected chi connectivity index (χ0v) is 19.6. The lowest BCUT2D eigenvalue weighted by Crippen LogP contribution is -2.16. The number of fused-ring (bicyclic) bond motifs is 1. The second kappa shape index (κ2) is 9.31. The van der Waals surface area contributed by atoms with Crippen molar-refractivity contribution in [1.82, 2.24) is 0 Å². The average Bonchev–Trinajstić information content (AvgIpc) is 2.86. The van der Waals surface area contributed by atoms with Crippen molar-refractivity contribution in [3.05, 3.63) is 81.5 Å². The van der Waals surface area contributed by atoms with Gasteiger partial charge in [-0.25, -0.2) is 4.79 Å². The Bertz CT molecular complexity index is 1430. The molecule has 1 aromatic heterocycles. The summed E-state index contributed by atoms with van der Waals surface area (Å²) >= 11 is 0. The van der Waals surface area contributed by atoms with Crippen LogP contribution in [0.4, 0.5) is 0 Å². The predicted octanol–water partition coefficient (Wildman–Crippen LogP) is 5.32. The summed E-state index contributed by atoms with van der Waals surface area (Å²) in [6.07, 6.45) is 0. The summed E-state index contributed by atoms with van der Waals surface area (Å²) in [5, 5.41) is 0.329. The van der Waals surface area contributed by atoms with Crippen LogP contribution in [0.3, 0.4) is 0 Å². The molecular formula is C27H24O7. The van der Waals surface area contributed by atoms with Crippen molar-refractivity contribution in [2.24, 2.45) is 0 Å². The van der Waals surface area contributed by atoms with Gasteiger partial charge in [0.1, 0.15) is 11.3 Å². The van der Waals surface area contributed by atoms with Crippen LogP contribution in [0.15, 0.2) is 63.8 Å². The smallest absolute Gasteiger partial charge is 0.343 e. The molecule has 0 amide bonds. The van der Waals surface area contributed by atoms with Crippen LogP contribution in [0.2, 0.25) is 0 Å². The first kappa shape index (κ1) is 22.9. The van der Waals surface area contributed by atoms with E-state index in [2.05, 4.69) is 0 Å². The van der Waals surface area contributed by atoms with E-state index >= 15 is 0 Å². The number of esters is 1. The number of methoxy groups -OCH3 is 3. The number of hydrogen-bond donors (Lipinski definition) is 0. The van der Waals surface area contributed by atoms with Crippen LogP contribution < -0.4 is 24.4 Å². The highest BCUT2D eigenvalue weighted by Gasteiger charge is 2.22. The predicted molar refractivity (Wildman–Crippen MR) is 128 cm³/mol. The Balaban J connectivity index is 1.87. The molecule has 174 valence electrons. The van der Waals surface area contributed by atoms with Crippen molar-refractivity contribution in [2.45, 2.75) is 13.8 Å². The summed E-state index contributed by atoms with van der Waals surface area (Å²) in [4.78, 5) is 26.5. The Morgan fingerprint density at radius 1 is 0.794 bits per heavy atom. The third kappa shape index (κ3) is 4.20. The van der Waals surface area contributed by atoms with E-state index in [4.69, 9.17) is 23.4 Å². The Hall–Kier alpha value is -4.26. The molecule has 34 heavy (non-hydrogen) atoms. The highest BCUT2D eigenvalue weighted by molar-refractivity contribution is 5.93. The quantitative estimate of drug-likeness (QED) is 0.360. The molecule has 0 aliphatic heterocycles. The number of benzene rings is 3. The van der Waals surface area contributed by atoms with Gasteiger partial charge >= 0.3 is 5.97 Å². The molecule has 7 heteroatoms. The standard InChI is InChI=1S/C27H24O7/c1-15-12-20-22(13-16(15)2)33-25(17-6-9-19(30-3)10-7-17)26(24(20)28)34-27(29)18-8-11-21(31-4)23(14-18)32-5/h6-14H,1-5H3. The zero-order valence-electron chi connectivity index (χ0n) is 19.6. The van der Waals surface area contributed by atoms with Crippen molar-refractivity contribution in [2.75, 3.05) is 21.3 Å². The normalized spacial score (nSPS) is 10.7. The van der Waals surface area contributed by atoms with Gasteiger partial charge < -0.3 is 23.4 Å². The molecule has 0 radical (unpaired) electrons. The van der Waals surface area contributed by atoms with Crippen molar-refractivity contribution in [1.29, 1.82) is 0 Å². The van der Waals surface area contributed by atoms with Crippen LogP contribution in [0, 0.1) is 13.8 Å². The first-order chi connectivity index (χ1) is 16.4. The molecule has 0 saturated heterocycles. The molecule has 3 aromatic carbocycles. The molecule has 0 aliphatic rings. The second-order valence-electron chi connectivity index (χ2n) is 7.71. The summed E-state index contributed by atoms with van der Waals surface area (Å²) in [5.74, 6) is 0.698. The summed E-state index contributed by atoms with van der Waals surface area (Å²) in [5.41, 5.74) is 2.63. The molecule has 0 unspecified atom stereocenters. The third-order valence-corrected chi connectivity index (χ3v) is 5.63. The summed E-state index contributed by atoms with van der Waals surface area (Å²) < 4.78 is 27.5. The minimum Gasteiger partial charge on any atom is -0.497 e. The van der Waals surface area contributed by atoms with Gasteiger partial charge in [0.25, 0.3) is 0 Å². The summed E-state index contributed by atoms with van der Waals surface area (Å²) in [6.45, 7) is 3.84. The van der Waals surface area contributed by atoms with E-state index in [0.29, 0.717) is 33.8 Å². The van der Waals surface area contributed by atoms with Crippen LogP contribution in [0.5, 0.6) is 23.0 Å². The maximum absolute atomic E-state index is 13.5. The Morgan fingerprint density at radius 2 is 1.47 bits per heavy atom. The topological polar surface area (TPSA) is 84.2 Å². The van der Waals surface area contributed by atoms with E-state index in [1.807, 2.05) is 13.8 Å². The molecule has 0 saturated carbocycles. The number of carbonyl (C=O) groups excluding carboxylic acids is 1. The van der Waals surface area contributed by atoms with Crippen LogP contribution in [0.1, 0.15) is 21.5 Å². The number of aryl methyl sites for hydroxylation is 2. The van der Waals surface area contributed by atoms with E-state index in [1.165, 1.54) is 26.4 Å². The monoisotopic (exact) mass is 460 g/mol. The number of ether oxygens (including phenoxy) is 4. The van der Waals surface area contributed by atoms with Crippen LogP contribution >= 0.6 is 0 Å². The fourth-order valence-electron chi connectivity index (χ4n) is 3.57. The van der Waals surface area contributed by atoms with Gasteiger partial charge in [-0.15, -0.1) is 0 Å². The molecule has 1 heterocycles. The fraction of sp³-hybridized carbons (Fsp3) is 0.185. The Labute approximate surface area is 196 Å². The Kier molecular flexibility index (Phi) is 6.27. The lowest BCUT2D eigenvalue weighted by atomic mass is 10.0. The number of rotatable bonds is 6. The summed E-state index contributed by atoms with van der Waals surface area (Å²) in [6, 6.07) is 15.1. The minimum absolute atomic E-state index is 0.150. The van der Waals surface area contributed by atoms with Crippen LogP contribution in [-0.4, -0.2) is 27.3 Å². The molecule has 0 aliphatic carbocycles. The van der Waals surface area contributed by atoms with E-state index in [0.717, 1.165) is 11.1 Å². The lowest BCUT2D eigenvalue weighted by Gasteiger charge is -2.13. The molecular weight excluding hydrogens is 436 g/mol. The molecule has 0 fully saturated rings. The van der Waals surface area contributed by atoms with E-state index < -0.39 is 11.4 Å². The lowest BCUT2D eigenvalue weighted by molar-refractivity contribution is 0.0731. The number of hydrogen-bond acceptors (Lipinski definition) is 7. The van der Waals surface area contributed by atoms with Crippen molar-refractivity contribution in [3.8, 4) is 34.3 Å². The van der Waals surface area contributed by atoms with E-state index in [9.17, 15) is 9.59 Å². The van der Waals surface area contributed by atoms with E-state index in [-0.39, 0.29) is 17.1 Å². The average molecular weight is 460 g/mol. The van der Waals surface area contributed by atoms with Crippen molar-refractivity contribution in [3.63, 3.8) is 0 Å². The van der Waals surface area contributed by atoms with Gasteiger partial charge in [-0.3, -0.25) is 4.79 Å². The van der Waals surface area contributed by atoms with Gasteiger partial charge in [-0.2, -0.15) is 0 Å². The molecule has 0 spiro atoms. The molecule has 0 N–H and O–H groups in total. The Morgan fingerprint density at radius 3 is 2.12 bits per heavy atom. The van der Waals surface area contributed by atoms with Crippen molar-refractivity contribution >= 4 is 16.9 Å². The highest BCUT2D eigenvalue weighted by atomic mass is 16.5. The maximum atomic E-state index is 13.5. The second-order valence-corrected chi connectivity index (χ2v) is 7.71. The maximum Gasteiger partial charge on any atom is 0.343 e. The molecule has 7 nitrogen and oxygen atoms in total. The van der Waals surface area contributed by atoms with Gasteiger partial charge in [-0.1, -0.05) is 0 Å². The van der Waals surface area contributed by atoms with Crippen LogP contribution in [-0.2, 0) is 0 Å². The van der Waals surface area contributed by atoms with Gasteiger partial charge in [-0.05, 0) is 79.6 Å². The first-order valence-corrected chi connectivity index (χ1v) is 10.5. The first-order valence-electron chi connectivity index (χ1n) is 10.5. The number of carbonyl (C=O) groups is 1. The molecule has 0 bridgehead atoms. The minimum atomic E-state index is -0.730. The highest BCUT2D eigenvalue weighted by Crippen LogP contribution is 2.34. The SMILES string of the molecule is COc1ccc(-c2oc3cc(C)c(C)cc3c(=O)c2OC(=O)c2ccc(OC)c(OC)c2)cc1. The van der Waals surface area contributed by atoms with Gasteiger partial charge in [0.15, 0.2) is 17.3 Å². The van der Waals surface area contributed by atoms with Gasteiger partial charge in [0, 0.05) is 5.56 Å². The van der Waals surface area contributed by atoms with Gasteiger partial charge in [0.2, 0.25) is 11.2 Å². The largest absolute Gasteiger partial charge is 0.497 e. The van der Waals surface area contributed by atoms with Gasteiger partial charge in [0.05, 0.1) is 32.3 Å². The zero-order chi connectivity index (χ0) is 24.4. The van der Waals surface area contributed by atoms with Crippen LogP contribution in [0.25, 0.3) is 22.3 Å². The fourth-order valence-corrected chi connectivity index (χ4v) is 3.57. The summed E-state index contributed by atoms with van der Waals surface area (Å²) in [7, 11) is 4.53. The van der Waals surface area contributed by atoms with E-state index in [1.54, 1.807) is 49.6 Å². The van der Waals surface area contributed by atoms with Crippen molar-refractivity contribution < 1.29 is 28.2 Å². The third-order valence-electron chi connectivity index (χ3n) is 5.63. The molecule has 4 aromatic rings. The molecule has 0 atom stereocenters. The molecule has 4 rings (SSSR count).